The van der Waals surface area contributed by atoms with Crippen LogP contribution in [0.15, 0.2) is 47.4 Å². The van der Waals surface area contributed by atoms with Crippen molar-refractivity contribution in [1.82, 2.24) is 19.2 Å². The Kier molecular flexibility index (Phi) is 6.05. The van der Waals surface area contributed by atoms with Crippen LogP contribution in [0, 0.1) is 6.92 Å². The van der Waals surface area contributed by atoms with Gasteiger partial charge in [-0.2, -0.15) is 4.31 Å². The third kappa shape index (κ3) is 4.33. The summed E-state index contributed by atoms with van der Waals surface area (Å²) in [6, 6.07) is 11.0. The molecule has 0 saturated carbocycles. The van der Waals surface area contributed by atoms with Crippen molar-refractivity contribution in [2.24, 2.45) is 7.05 Å². The van der Waals surface area contributed by atoms with Crippen LogP contribution < -0.4 is 5.32 Å². The molecule has 1 aromatic heterocycles. The van der Waals surface area contributed by atoms with E-state index in [0.29, 0.717) is 18.0 Å². The molecular formula is C22H25ClN4O3S. The number of hydrogen-bond acceptors (Lipinski definition) is 4. The standard InChI is InChI=1S/C22H25ClN4O3S/c1-15-25-19-11-6-16(13-21(19)26(15)2)14-27(20-5-3-4-12-24-22(20)28)31(29,30)18-9-7-17(23)8-10-18/h6-11,13,20H,3-5,12,14H2,1-2H3,(H,24,28). The fourth-order valence-electron chi connectivity index (χ4n) is 3.94. The molecule has 0 aliphatic carbocycles. The maximum absolute atomic E-state index is 13.6. The minimum Gasteiger partial charge on any atom is -0.355 e. The lowest BCUT2D eigenvalue weighted by Gasteiger charge is -2.29. The van der Waals surface area contributed by atoms with Crippen molar-refractivity contribution < 1.29 is 13.2 Å². The van der Waals surface area contributed by atoms with Crippen LogP contribution >= 0.6 is 11.6 Å². The topological polar surface area (TPSA) is 84.3 Å². The van der Waals surface area contributed by atoms with Gasteiger partial charge in [0.15, 0.2) is 0 Å². The number of imidazole rings is 1. The third-order valence-electron chi connectivity index (χ3n) is 5.78. The third-order valence-corrected chi connectivity index (χ3v) is 7.90. The number of nitrogens with one attached hydrogen (secondary N) is 1. The number of hydrogen-bond donors (Lipinski definition) is 1. The fourth-order valence-corrected chi connectivity index (χ4v) is 5.67. The van der Waals surface area contributed by atoms with Crippen LogP contribution in [0.1, 0.15) is 30.7 Å². The molecular weight excluding hydrogens is 436 g/mol. The molecule has 1 aliphatic heterocycles. The van der Waals surface area contributed by atoms with Gasteiger partial charge in [0.25, 0.3) is 0 Å². The molecule has 0 bridgehead atoms. The number of halogens is 1. The average Bonchev–Trinajstić information content (AvgIpc) is 2.89. The molecule has 1 unspecified atom stereocenters. The molecule has 4 rings (SSSR count). The van der Waals surface area contributed by atoms with E-state index < -0.39 is 16.1 Å². The molecule has 2 aromatic carbocycles. The van der Waals surface area contributed by atoms with Crippen molar-refractivity contribution in [3.05, 3.63) is 58.9 Å². The Morgan fingerprint density at radius 1 is 1.19 bits per heavy atom. The zero-order chi connectivity index (χ0) is 22.2. The summed E-state index contributed by atoms with van der Waals surface area (Å²) in [5.74, 6) is 0.619. The molecule has 164 valence electrons. The molecule has 0 radical (unpaired) electrons. The van der Waals surface area contributed by atoms with Crippen LogP contribution in [0.4, 0.5) is 0 Å². The van der Waals surface area contributed by atoms with Crippen LogP contribution in [0.5, 0.6) is 0 Å². The Morgan fingerprint density at radius 2 is 1.94 bits per heavy atom. The first kappa shape index (κ1) is 21.8. The molecule has 1 N–H and O–H groups in total. The van der Waals surface area contributed by atoms with Crippen molar-refractivity contribution in [2.45, 2.75) is 43.7 Å². The van der Waals surface area contributed by atoms with Gasteiger partial charge in [0.1, 0.15) is 11.9 Å². The molecule has 0 spiro atoms. The first-order valence-electron chi connectivity index (χ1n) is 10.2. The number of sulfonamides is 1. The van der Waals surface area contributed by atoms with E-state index in [1.165, 1.54) is 16.4 Å². The largest absolute Gasteiger partial charge is 0.355 e. The van der Waals surface area contributed by atoms with E-state index in [1.54, 1.807) is 12.1 Å². The lowest BCUT2D eigenvalue weighted by molar-refractivity contribution is -0.124. The number of aryl methyl sites for hydroxylation is 2. The van der Waals surface area contributed by atoms with E-state index in [9.17, 15) is 13.2 Å². The number of amides is 1. The van der Waals surface area contributed by atoms with Crippen molar-refractivity contribution in [2.75, 3.05) is 6.54 Å². The van der Waals surface area contributed by atoms with Gasteiger partial charge in [-0.05, 0) is 68.1 Å². The zero-order valence-electron chi connectivity index (χ0n) is 17.5. The molecule has 9 heteroatoms. The predicted molar refractivity (Wildman–Crippen MR) is 120 cm³/mol. The van der Waals surface area contributed by atoms with Gasteiger partial charge in [-0.1, -0.05) is 17.7 Å². The summed E-state index contributed by atoms with van der Waals surface area (Å²) >= 11 is 5.96. The lowest BCUT2D eigenvalue weighted by Crippen LogP contribution is -2.48. The summed E-state index contributed by atoms with van der Waals surface area (Å²) in [6.07, 6.45) is 2.08. The van der Waals surface area contributed by atoms with Crippen molar-refractivity contribution in [1.29, 1.82) is 0 Å². The van der Waals surface area contributed by atoms with Gasteiger partial charge < -0.3 is 9.88 Å². The molecule has 1 saturated heterocycles. The van der Waals surface area contributed by atoms with Crippen LogP contribution in [0.3, 0.4) is 0 Å². The normalized spacial score (nSPS) is 17.7. The van der Waals surface area contributed by atoms with Gasteiger partial charge in [0.05, 0.1) is 15.9 Å². The molecule has 1 fully saturated rings. The van der Waals surface area contributed by atoms with Crippen LogP contribution in [-0.4, -0.2) is 40.8 Å². The quantitative estimate of drug-likeness (QED) is 0.632. The van der Waals surface area contributed by atoms with E-state index in [2.05, 4.69) is 10.3 Å². The van der Waals surface area contributed by atoms with Gasteiger partial charge in [-0.3, -0.25) is 4.79 Å². The number of fused-ring (bicyclic) bond motifs is 1. The highest BCUT2D eigenvalue weighted by Crippen LogP contribution is 2.27. The summed E-state index contributed by atoms with van der Waals surface area (Å²) in [7, 11) is -2.01. The monoisotopic (exact) mass is 460 g/mol. The minimum absolute atomic E-state index is 0.0865. The SMILES string of the molecule is Cc1nc2ccc(CN(C3CCCCNC3=O)S(=O)(=O)c3ccc(Cl)cc3)cc2n1C. The van der Waals surface area contributed by atoms with Gasteiger partial charge in [-0.15, -0.1) is 0 Å². The predicted octanol–water partition coefficient (Wildman–Crippen LogP) is 3.39. The Labute approximate surface area is 187 Å². The van der Waals surface area contributed by atoms with Crippen LogP contribution in [0.2, 0.25) is 5.02 Å². The fraction of sp³-hybridized carbons (Fsp3) is 0.364. The molecule has 1 amide bonds. The first-order chi connectivity index (χ1) is 14.8. The molecule has 31 heavy (non-hydrogen) atoms. The minimum atomic E-state index is -3.93. The highest BCUT2D eigenvalue weighted by atomic mass is 35.5. The Morgan fingerprint density at radius 3 is 2.68 bits per heavy atom. The number of nitrogens with zero attached hydrogens (tertiary/aromatic N) is 3. The first-order valence-corrected chi connectivity index (χ1v) is 12.1. The zero-order valence-corrected chi connectivity index (χ0v) is 19.1. The average molecular weight is 461 g/mol. The summed E-state index contributed by atoms with van der Waals surface area (Å²) in [4.78, 5) is 17.4. The second kappa shape index (κ2) is 8.61. The summed E-state index contributed by atoms with van der Waals surface area (Å²) in [5, 5.41) is 3.31. The van der Waals surface area contributed by atoms with E-state index in [4.69, 9.17) is 11.6 Å². The molecule has 1 aliphatic rings. The highest BCUT2D eigenvalue weighted by molar-refractivity contribution is 7.89. The van der Waals surface area contributed by atoms with Crippen LogP contribution in [-0.2, 0) is 28.4 Å². The van der Waals surface area contributed by atoms with E-state index >= 15 is 0 Å². The second-order valence-electron chi connectivity index (χ2n) is 7.85. The number of aromatic nitrogens is 2. The van der Waals surface area contributed by atoms with Gasteiger partial charge in [-0.25, -0.2) is 13.4 Å². The molecule has 2 heterocycles. The van der Waals surface area contributed by atoms with Crippen molar-refractivity contribution in [3.63, 3.8) is 0 Å². The van der Waals surface area contributed by atoms with E-state index in [1.807, 2.05) is 36.7 Å². The summed E-state index contributed by atoms with van der Waals surface area (Å²) < 4.78 is 30.5. The molecule has 7 nitrogen and oxygen atoms in total. The smallest absolute Gasteiger partial charge is 0.244 e. The number of carbonyl (C=O) groups is 1. The van der Waals surface area contributed by atoms with E-state index in [0.717, 1.165) is 35.3 Å². The van der Waals surface area contributed by atoms with Crippen LogP contribution in [0.25, 0.3) is 11.0 Å². The Balaban J connectivity index is 1.77. The summed E-state index contributed by atoms with van der Waals surface area (Å²) in [5.41, 5.74) is 2.57. The van der Waals surface area contributed by atoms with Crippen molar-refractivity contribution in [3.8, 4) is 0 Å². The number of rotatable bonds is 5. The van der Waals surface area contributed by atoms with Gasteiger partial charge >= 0.3 is 0 Å². The van der Waals surface area contributed by atoms with Gasteiger partial charge in [0.2, 0.25) is 15.9 Å². The lowest BCUT2D eigenvalue weighted by atomic mass is 10.1. The maximum atomic E-state index is 13.6. The number of carbonyl (C=O) groups excluding carboxylic acids is 1. The maximum Gasteiger partial charge on any atom is 0.244 e. The highest BCUT2D eigenvalue weighted by Gasteiger charge is 2.36. The van der Waals surface area contributed by atoms with Gasteiger partial charge in [0, 0.05) is 25.2 Å². The van der Waals surface area contributed by atoms with E-state index in [-0.39, 0.29) is 17.3 Å². The van der Waals surface area contributed by atoms with Crippen molar-refractivity contribution >= 4 is 38.6 Å². The summed E-state index contributed by atoms with van der Waals surface area (Å²) in [6.45, 7) is 2.57. The second-order valence-corrected chi connectivity index (χ2v) is 10.2. The molecule has 1 atom stereocenters. The molecule has 3 aromatic rings. The Bertz CT molecular complexity index is 1220. The Hall–Kier alpha value is -2.42. The number of benzene rings is 2.